The van der Waals surface area contributed by atoms with E-state index in [1.165, 1.54) is 11.3 Å². The maximum absolute atomic E-state index is 6.43. The lowest BCUT2D eigenvalue weighted by molar-refractivity contribution is 0.0134. The second-order valence-electron chi connectivity index (χ2n) is 7.96. The monoisotopic (exact) mass is 432 g/mol. The number of rotatable bonds is 5. The number of nitrogens with zero attached hydrogens (tertiary/aromatic N) is 4. The van der Waals surface area contributed by atoms with Crippen molar-refractivity contribution in [2.24, 2.45) is 4.99 Å². The van der Waals surface area contributed by atoms with E-state index in [0.717, 1.165) is 83.5 Å². The van der Waals surface area contributed by atoms with Crippen LogP contribution in [0.15, 0.2) is 34.4 Å². The summed E-state index contributed by atoms with van der Waals surface area (Å²) >= 11 is 6.43. The smallest absolute Gasteiger partial charge is 0.177 e. The van der Waals surface area contributed by atoms with Gasteiger partial charge >= 0.3 is 0 Å². The largest absolute Gasteiger partial charge is 0.379 e. The van der Waals surface area contributed by atoms with Gasteiger partial charge in [-0.25, -0.2) is 10.4 Å². The zero-order valence-corrected chi connectivity index (χ0v) is 17.9. The van der Waals surface area contributed by atoms with Crippen molar-refractivity contribution in [3.63, 3.8) is 0 Å². The van der Waals surface area contributed by atoms with Crippen LogP contribution >= 0.6 is 11.6 Å². The zero-order valence-electron chi connectivity index (χ0n) is 17.1. The minimum Gasteiger partial charge on any atom is -0.379 e. The number of hydrogen-bond acceptors (Lipinski definition) is 8. The third kappa shape index (κ3) is 4.49. The summed E-state index contributed by atoms with van der Waals surface area (Å²) in [5.74, 6) is 0. The summed E-state index contributed by atoms with van der Waals surface area (Å²) in [6.07, 6.45) is 1.77. The molecule has 4 aliphatic rings. The number of hydrogen-bond donors (Lipinski definition) is 2. The Hall–Kier alpha value is -1.68. The van der Waals surface area contributed by atoms with Crippen molar-refractivity contribution in [2.45, 2.75) is 12.8 Å². The van der Waals surface area contributed by atoms with Crippen LogP contribution < -0.4 is 15.8 Å². The van der Waals surface area contributed by atoms with E-state index in [9.17, 15) is 0 Å². The maximum atomic E-state index is 6.43. The number of morpholine rings is 2. The molecule has 1 aromatic rings. The van der Waals surface area contributed by atoms with Gasteiger partial charge in [0, 0.05) is 51.4 Å². The Morgan fingerprint density at radius 3 is 2.60 bits per heavy atom. The fourth-order valence-corrected chi connectivity index (χ4v) is 4.50. The molecule has 9 heteroatoms. The van der Waals surface area contributed by atoms with Crippen LogP contribution in [0.2, 0.25) is 0 Å². The summed E-state index contributed by atoms with van der Waals surface area (Å²) in [7, 11) is 0. The first-order valence-electron chi connectivity index (χ1n) is 10.7. The van der Waals surface area contributed by atoms with Gasteiger partial charge in [0.25, 0.3) is 0 Å². The van der Waals surface area contributed by atoms with Crippen LogP contribution in [0.25, 0.3) is 0 Å². The Morgan fingerprint density at radius 1 is 1.03 bits per heavy atom. The third-order valence-corrected chi connectivity index (χ3v) is 6.28. The van der Waals surface area contributed by atoms with Crippen LogP contribution in [-0.2, 0) is 16.0 Å². The topological polar surface area (TPSA) is 64.6 Å². The molecule has 1 atom stereocenters. The average Bonchev–Trinajstić information content (AvgIpc) is 3.21. The summed E-state index contributed by atoms with van der Waals surface area (Å²) in [6.45, 7) is 9.67. The highest BCUT2D eigenvalue weighted by Crippen LogP contribution is 2.28. The van der Waals surface area contributed by atoms with E-state index in [0.29, 0.717) is 5.16 Å². The molecule has 4 heterocycles. The minimum absolute atomic E-state index is 0.148. The van der Waals surface area contributed by atoms with Gasteiger partial charge in [-0.15, -0.1) is 0 Å². The number of aliphatic imine (C=N–C) groups is 1. The number of nitrogens with one attached hydrogen (secondary N) is 2. The highest BCUT2D eigenvalue weighted by atomic mass is 35.5. The standard InChI is InChI=1S/C21H29ClN6O2/c22-20-14-18(24-21(25-20)27-7-11-30-12-8-27)16-1-2-17-15-23-28(19(17)13-16)4-3-26-5-9-29-10-6-26/h1-2,13-14,21,23,25H,3-12,15H2. The van der Waals surface area contributed by atoms with E-state index in [1.807, 2.05) is 6.08 Å². The van der Waals surface area contributed by atoms with Crippen LogP contribution in [0.3, 0.4) is 0 Å². The van der Waals surface area contributed by atoms with Gasteiger partial charge in [-0.3, -0.25) is 9.80 Å². The van der Waals surface area contributed by atoms with Gasteiger partial charge in [-0.2, -0.15) is 0 Å². The fourth-order valence-electron chi connectivity index (χ4n) is 4.29. The van der Waals surface area contributed by atoms with Crippen molar-refractivity contribution < 1.29 is 9.47 Å². The Kier molecular flexibility index (Phi) is 6.22. The van der Waals surface area contributed by atoms with E-state index < -0.39 is 0 Å². The number of ether oxygens (including phenoxy) is 2. The lowest BCUT2D eigenvalue weighted by atomic mass is 10.0. The molecule has 0 radical (unpaired) electrons. The molecule has 0 amide bonds. The molecular formula is C21H29ClN6O2. The van der Waals surface area contributed by atoms with Gasteiger partial charge in [0.15, 0.2) is 6.29 Å². The second-order valence-corrected chi connectivity index (χ2v) is 8.36. The van der Waals surface area contributed by atoms with Crippen LogP contribution in [0.4, 0.5) is 5.69 Å². The molecule has 0 spiro atoms. The Bertz CT molecular complexity index is 820. The number of benzene rings is 1. The molecule has 30 heavy (non-hydrogen) atoms. The van der Waals surface area contributed by atoms with Gasteiger partial charge < -0.3 is 19.8 Å². The molecule has 5 rings (SSSR count). The first-order valence-corrected chi connectivity index (χ1v) is 11.1. The number of hydrazine groups is 1. The van der Waals surface area contributed by atoms with Crippen LogP contribution in [-0.4, -0.2) is 87.5 Å². The normalized spacial score (nSPS) is 25.5. The summed E-state index contributed by atoms with van der Waals surface area (Å²) in [6, 6.07) is 6.57. The van der Waals surface area contributed by atoms with Crippen molar-refractivity contribution in [3.8, 4) is 0 Å². The van der Waals surface area contributed by atoms with Gasteiger partial charge in [0.2, 0.25) is 0 Å². The summed E-state index contributed by atoms with van der Waals surface area (Å²) in [4.78, 5) is 9.67. The van der Waals surface area contributed by atoms with E-state index in [1.54, 1.807) is 0 Å². The SMILES string of the molecule is ClC1=CC(c2ccc3c(c2)N(CCN2CCOCC2)NC3)=NC(N2CCOCC2)N1. The van der Waals surface area contributed by atoms with E-state index in [4.69, 9.17) is 26.1 Å². The molecule has 2 fully saturated rings. The number of halogens is 1. The second kappa shape index (κ2) is 9.21. The molecular weight excluding hydrogens is 404 g/mol. The minimum atomic E-state index is -0.148. The van der Waals surface area contributed by atoms with Gasteiger partial charge in [-0.1, -0.05) is 23.7 Å². The fraction of sp³-hybridized carbons (Fsp3) is 0.571. The van der Waals surface area contributed by atoms with Crippen LogP contribution in [0.1, 0.15) is 11.1 Å². The predicted molar refractivity (Wildman–Crippen MR) is 118 cm³/mol. The molecule has 8 nitrogen and oxygen atoms in total. The van der Waals surface area contributed by atoms with Gasteiger partial charge in [0.1, 0.15) is 5.16 Å². The summed E-state index contributed by atoms with van der Waals surface area (Å²) < 4.78 is 10.9. The number of fused-ring (bicyclic) bond motifs is 1. The summed E-state index contributed by atoms with van der Waals surface area (Å²) in [5, 5.41) is 6.16. The van der Waals surface area contributed by atoms with Gasteiger partial charge in [-0.05, 0) is 17.7 Å². The molecule has 1 unspecified atom stereocenters. The first-order chi connectivity index (χ1) is 14.8. The predicted octanol–water partition coefficient (Wildman–Crippen LogP) is 0.932. The van der Waals surface area contributed by atoms with Crippen molar-refractivity contribution >= 4 is 23.0 Å². The molecule has 0 aliphatic carbocycles. The Labute approximate surface area is 182 Å². The summed E-state index contributed by atoms with van der Waals surface area (Å²) in [5.41, 5.74) is 8.07. The molecule has 4 aliphatic heterocycles. The van der Waals surface area contributed by atoms with Crippen molar-refractivity contribution in [1.29, 1.82) is 0 Å². The van der Waals surface area contributed by atoms with E-state index in [-0.39, 0.29) is 6.29 Å². The number of anilines is 1. The number of allylic oxidation sites excluding steroid dienone is 1. The highest BCUT2D eigenvalue weighted by molar-refractivity contribution is 6.32. The van der Waals surface area contributed by atoms with Crippen LogP contribution in [0.5, 0.6) is 0 Å². The average molecular weight is 433 g/mol. The first kappa shape index (κ1) is 20.2. The van der Waals surface area contributed by atoms with Gasteiger partial charge in [0.05, 0.1) is 37.8 Å². The molecule has 2 N–H and O–H groups in total. The van der Waals surface area contributed by atoms with Crippen LogP contribution in [0, 0.1) is 0 Å². The van der Waals surface area contributed by atoms with E-state index in [2.05, 4.69) is 43.8 Å². The molecule has 0 bridgehead atoms. The van der Waals surface area contributed by atoms with Crippen molar-refractivity contribution in [1.82, 2.24) is 20.5 Å². The zero-order chi connectivity index (χ0) is 20.3. The Morgan fingerprint density at radius 2 is 1.80 bits per heavy atom. The lowest BCUT2D eigenvalue weighted by Crippen LogP contribution is -2.50. The van der Waals surface area contributed by atoms with Crippen molar-refractivity contribution in [2.75, 3.05) is 70.7 Å². The highest BCUT2D eigenvalue weighted by Gasteiger charge is 2.25. The molecule has 1 aromatic carbocycles. The quantitative estimate of drug-likeness (QED) is 0.671. The Balaban J connectivity index is 1.32. The molecule has 162 valence electrons. The van der Waals surface area contributed by atoms with Crippen molar-refractivity contribution in [3.05, 3.63) is 40.6 Å². The maximum Gasteiger partial charge on any atom is 0.177 e. The third-order valence-electron chi connectivity index (χ3n) is 6.06. The van der Waals surface area contributed by atoms with E-state index >= 15 is 0 Å². The molecule has 2 saturated heterocycles. The molecule has 0 saturated carbocycles. The molecule has 0 aromatic heterocycles. The lowest BCUT2D eigenvalue weighted by Gasteiger charge is -2.34.